The van der Waals surface area contributed by atoms with Crippen molar-refractivity contribution in [2.24, 2.45) is 0 Å². The largest absolute Gasteiger partial charge is 0.386 e. The van der Waals surface area contributed by atoms with Gasteiger partial charge in [-0.25, -0.2) is 4.98 Å². The summed E-state index contributed by atoms with van der Waals surface area (Å²) in [5.41, 5.74) is 14.9. The maximum absolute atomic E-state index is 11.8. The molecule has 0 fully saturated rings. The Labute approximate surface area is 284 Å². The van der Waals surface area contributed by atoms with Crippen LogP contribution in [0.5, 0.6) is 0 Å². The summed E-state index contributed by atoms with van der Waals surface area (Å²) in [5, 5.41) is 11.8. The molecule has 1 unspecified atom stereocenters. The number of nitrogens with one attached hydrogen (secondary N) is 2. The van der Waals surface area contributed by atoms with E-state index < -0.39 is 6.10 Å². The molecule has 5 heterocycles. The number of aromatic amines is 2. The number of nitrogens with zero attached hydrogens (tertiary/aromatic N) is 2. The molecule has 0 saturated carbocycles. The lowest BCUT2D eigenvalue weighted by Crippen LogP contribution is -1.97. The lowest BCUT2D eigenvalue weighted by atomic mass is 9.98. The summed E-state index contributed by atoms with van der Waals surface area (Å²) < 4.78 is 0. The molecule has 0 aliphatic carbocycles. The predicted molar refractivity (Wildman–Crippen MR) is 200 cm³/mol. The molecule has 8 bridgehead atoms. The molecule has 4 aromatic carbocycles. The Morgan fingerprint density at radius 1 is 0.429 bits per heavy atom. The van der Waals surface area contributed by atoms with Crippen molar-refractivity contribution in [1.82, 2.24) is 19.9 Å². The summed E-state index contributed by atoms with van der Waals surface area (Å²) >= 11 is 0. The minimum absolute atomic E-state index is 0.377. The molecule has 0 amide bonds. The average molecular weight is 633 g/mol. The van der Waals surface area contributed by atoms with Gasteiger partial charge in [0.25, 0.3) is 0 Å². The van der Waals surface area contributed by atoms with Crippen LogP contribution in [-0.4, -0.2) is 25.0 Å². The third kappa shape index (κ3) is 5.17. The molecule has 7 aromatic rings. The first kappa shape index (κ1) is 28.9. The van der Waals surface area contributed by atoms with Gasteiger partial charge in [0.15, 0.2) is 0 Å². The van der Waals surface area contributed by atoms with E-state index in [-0.39, 0.29) is 0 Å². The molecule has 2 aliphatic rings. The highest BCUT2D eigenvalue weighted by Gasteiger charge is 2.27. The summed E-state index contributed by atoms with van der Waals surface area (Å²) in [6.45, 7) is 0. The summed E-state index contributed by atoms with van der Waals surface area (Å²) in [5.74, 6) is 0. The smallest absolute Gasteiger partial charge is 0.102 e. The van der Waals surface area contributed by atoms with E-state index in [2.05, 4.69) is 119 Å². The van der Waals surface area contributed by atoms with Crippen LogP contribution in [0.4, 0.5) is 0 Å². The summed E-state index contributed by atoms with van der Waals surface area (Å²) in [7, 11) is 0. The zero-order chi connectivity index (χ0) is 32.7. The van der Waals surface area contributed by atoms with Crippen molar-refractivity contribution in [3.8, 4) is 44.5 Å². The number of aromatic nitrogens is 4. The molecular weight excluding hydrogens is 601 g/mol. The third-order valence-electron chi connectivity index (χ3n) is 9.35. The van der Waals surface area contributed by atoms with Crippen molar-refractivity contribution in [3.63, 3.8) is 0 Å². The Morgan fingerprint density at radius 2 is 0.816 bits per heavy atom. The molecule has 5 heteroatoms. The summed E-state index contributed by atoms with van der Waals surface area (Å²) in [4.78, 5) is 18.1. The monoisotopic (exact) mass is 632 g/mol. The van der Waals surface area contributed by atoms with E-state index >= 15 is 0 Å². The van der Waals surface area contributed by atoms with Crippen LogP contribution in [0.3, 0.4) is 0 Å². The van der Waals surface area contributed by atoms with Gasteiger partial charge >= 0.3 is 0 Å². The first-order valence-electron chi connectivity index (χ1n) is 16.6. The zero-order valence-electron chi connectivity index (χ0n) is 26.6. The average Bonchev–Trinajstić information content (AvgIpc) is 3.98. The van der Waals surface area contributed by atoms with E-state index in [4.69, 9.17) is 9.97 Å². The van der Waals surface area contributed by atoms with Crippen LogP contribution in [0, 0.1) is 0 Å². The van der Waals surface area contributed by atoms with Gasteiger partial charge in [-0.05, 0) is 58.7 Å². The van der Waals surface area contributed by atoms with Gasteiger partial charge in [-0.15, -0.1) is 0 Å². The van der Waals surface area contributed by atoms with Gasteiger partial charge in [-0.3, -0.25) is 4.98 Å². The van der Waals surface area contributed by atoms with Crippen LogP contribution in [0.25, 0.3) is 78.7 Å². The van der Waals surface area contributed by atoms with Crippen molar-refractivity contribution in [3.05, 3.63) is 168 Å². The number of hydrogen-bond acceptors (Lipinski definition) is 3. The topological polar surface area (TPSA) is 77.6 Å². The van der Waals surface area contributed by atoms with Crippen LogP contribution in [0.15, 0.2) is 146 Å². The second-order valence-electron chi connectivity index (χ2n) is 12.4. The van der Waals surface area contributed by atoms with Crippen molar-refractivity contribution >= 4 is 34.2 Å². The second kappa shape index (κ2) is 12.1. The fourth-order valence-corrected chi connectivity index (χ4v) is 7.16. The first-order chi connectivity index (χ1) is 24.2. The van der Waals surface area contributed by atoms with E-state index in [1.54, 1.807) is 0 Å². The molecule has 3 aromatic heterocycles. The molecular formula is C44H32N4O. The van der Waals surface area contributed by atoms with E-state index in [0.29, 0.717) is 12.1 Å². The molecule has 3 N–H and O–H groups in total. The number of hydrogen-bond donors (Lipinski definition) is 3. The second-order valence-corrected chi connectivity index (χ2v) is 12.4. The Balaban J connectivity index is 1.49. The number of aliphatic hydroxyl groups is 1. The van der Waals surface area contributed by atoms with Crippen molar-refractivity contribution in [2.75, 3.05) is 0 Å². The van der Waals surface area contributed by atoms with Gasteiger partial charge in [-0.2, -0.15) is 0 Å². The lowest BCUT2D eigenvalue weighted by molar-refractivity contribution is 0.184. The molecule has 5 nitrogen and oxygen atoms in total. The zero-order valence-corrected chi connectivity index (χ0v) is 26.6. The van der Waals surface area contributed by atoms with Gasteiger partial charge in [0.05, 0.1) is 22.8 Å². The van der Waals surface area contributed by atoms with E-state index in [9.17, 15) is 5.11 Å². The maximum Gasteiger partial charge on any atom is 0.102 e. The quantitative estimate of drug-likeness (QED) is 0.181. The van der Waals surface area contributed by atoms with Crippen molar-refractivity contribution in [1.29, 1.82) is 0 Å². The number of benzene rings is 4. The first-order valence-corrected chi connectivity index (χ1v) is 16.6. The van der Waals surface area contributed by atoms with Crippen LogP contribution < -0.4 is 0 Å². The van der Waals surface area contributed by atoms with Gasteiger partial charge in [0.2, 0.25) is 0 Å². The Morgan fingerprint density at radius 3 is 1.33 bits per heavy atom. The van der Waals surface area contributed by atoms with Crippen LogP contribution in [-0.2, 0) is 6.42 Å². The van der Waals surface area contributed by atoms with Gasteiger partial charge < -0.3 is 15.1 Å². The normalized spacial score (nSPS) is 13.9. The fraction of sp³-hybridized carbons (Fsp3) is 0.0455. The number of rotatable bonds is 4. The van der Waals surface area contributed by atoms with Crippen LogP contribution >= 0.6 is 0 Å². The highest BCUT2D eigenvalue weighted by Crippen LogP contribution is 2.40. The van der Waals surface area contributed by atoms with Gasteiger partial charge in [0, 0.05) is 50.7 Å². The lowest BCUT2D eigenvalue weighted by Gasteiger charge is -2.08. The Hall–Kier alpha value is -6.30. The van der Waals surface area contributed by atoms with Gasteiger partial charge in [0.1, 0.15) is 6.10 Å². The van der Waals surface area contributed by atoms with Crippen LogP contribution in [0.1, 0.15) is 28.9 Å². The fourth-order valence-electron chi connectivity index (χ4n) is 7.16. The highest BCUT2D eigenvalue weighted by atomic mass is 16.3. The number of aliphatic hydroxyl groups excluding tert-OH is 1. The molecule has 2 aliphatic heterocycles. The molecule has 9 rings (SSSR count). The van der Waals surface area contributed by atoms with Crippen LogP contribution in [0.2, 0.25) is 0 Å². The molecule has 0 saturated heterocycles. The SMILES string of the molecule is OC1Cc2nc1c(-c1ccccc1)c1ccc([nH]1)c(-c1ccccc1)c1ccc([nH]1)c(-c1ccccc1)c1nc(c2-c2ccccc2)C=C1. The van der Waals surface area contributed by atoms with E-state index in [1.165, 1.54) is 0 Å². The van der Waals surface area contributed by atoms with Crippen molar-refractivity contribution in [2.45, 2.75) is 12.5 Å². The van der Waals surface area contributed by atoms with E-state index in [0.717, 1.165) is 83.7 Å². The third-order valence-corrected chi connectivity index (χ3v) is 9.35. The van der Waals surface area contributed by atoms with E-state index in [1.807, 2.05) is 48.5 Å². The highest BCUT2D eigenvalue weighted by molar-refractivity contribution is 5.98. The minimum Gasteiger partial charge on any atom is -0.386 e. The van der Waals surface area contributed by atoms with Gasteiger partial charge in [-0.1, -0.05) is 121 Å². The maximum atomic E-state index is 11.8. The number of H-pyrrole nitrogens is 2. The minimum atomic E-state index is -0.796. The number of fused-ring (bicyclic) bond motifs is 8. The molecule has 234 valence electrons. The predicted octanol–water partition coefficient (Wildman–Crippen LogP) is 10.4. The van der Waals surface area contributed by atoms with Crippen molar-refractivity contribution < 1.29 is 5.11 Å². The molecule has 0 spiro atoms. The summed E-state index contributed by atoms with van der Waals surface area (Å²) in [6.07, 6.45) is 3.75. The summed E-state index contributed by atoms with van der Waals surface area (Å²) in [6, 6.07) is 49.9. The molecule has 1 atom stereocenters. The Kier molecular flexibility index (Phi) is 7.11. The Bertz CT molecular complexity index is 2520. The molecule has 49 heavy (non-hydrogen) atoms. The standard InChI is InChI=1S/C44H32N4O/c49-39-27-38-42(30-17-9-3-10-18-30)36-24-23-34(46-36)40(28-13-5-1-6-14-28)32-21-22-33(45-32)41(29-15-7-2-8-16-29)35-25-26-37(47-35)43(44(39)48-38)31-19-11-4-12-20-31/h1-26,39,45,47,49H,27H2. The molecule has 0 radical (unpaired) electrons.